The van der Waals surface area contributed by atoms with Gasteiger partial charge >= 0.3 is 0 Å². The van der Waals surface area contributed by atoms with Gasteiger partial charge in [0, 0.05) is 13.5 Å². The van der Waals surface area contributed by atoms with E-state index in [0.717, 1.165) is 6.54 Å². The minimum atomic E-state index is -0.622. The van der Waals surface area contributed by atoms with Crippen LogP contribution in [-0.4, -0.2) is 25.5 Å². The van der Waals surface area contributed by atoms with E-state index in [1.165, 1.54) is 0 Å². The first-order valence-corrected chi connectivity index (χ1v) is 5.36. The molecule has 4 heteroatoms. The number of rotatable bonds is 2. The van der Waals surface area contributed by atoms with E-state index in [1.54, 1.807) is 6.07 Å². The predicted octanol–water partition coefficient (Wildman–Crippen LogP) is 2.05. The van der Waals surface area contributed by atoms with Gasteiger partial charge in [-0.15, -0.1) is 0 Å². The molecule has 0 saturated carbocycles. The maximum Gasteiger partial charge on any atom is 0.220 e. The monoisotopic (exact) mass is 227 g/mol. The van der Waals surface area contributed by atoms with Gasteiger partial charge < -0.3 is 14.8 Å². The van der Waals surface area contributed by atoms with Crippen molar-refractivity contribution in [3.63, 3.8) is 0 Å². The van der Waals surface area contributed by atoms with Crippen LogP contribution >= 0.6 is 11.6 Å². The predicted molar refractivity (Wildman–Crippen MR) is 59.3 cm³/mol. The van der Waals surface area contributed by atoms with Crippen LogP contribution in [0.5, 0.6) is 5.75 Å². The summed E-state index contributed by atoms with van der Waals surface area (Å²) >= 11 is 6.00. The van der Waals surface area contributed by atoms with Crippen LogP contribution in [0.1, 0.15) is 6.92 Å². The first kappa shape index (κ1) is 10.7. The lowest BCUT2D eigenvalue weighted by Gasteiger charge is -2.34. The molecule has 0 aliphatic carbocycles. The zero-order valence-corrected chi connectivity index (χ0v) is 9.38. The molecule has 15 heavy (non-hydrogen) atoms. The smallest absolute Gasteiger partial charge is 0.220 e. The zero-order chi connectivity index (χ0) is 10.7. The molecule has 0 amide bonds. The van der Waals surface area contributed by atoms with Crippen molar-refractivity contribution in [3.05, 3.63) is 29.3 Å². The second-order valence-corrected chi connectivity index (χ2v) is 4.10. The van der Waals surface area contributed by atoms with Crippen molar-refractivity contribution in [2.75, 3.05) is 19.7 Å². The van der Waals surface area contributed by atoms with Crippen molar-refractivity contribution in [2.45, 2.75) is 12.7 Å². The molecule has 1 heterocycles. The summed E-state index contributed by atoms with van der Waals surface area (Å²) in [5.41, 5.74) is 0. The number of halogens is 1. The third-order valence-corrected chi connectivity index (χ3v) is 2.61. The second kappa shape index (κ2) is 4.39. The van der Waals surface area contributed by atoms with Crippen molar-refractivity contribution >= 4 is 11.6 Å². The molecule has 1 fully saturated rings. The molecule has 0 bridgehead atoms. The van der Waals surface area contributed by atoms with Crippen molar-refractivity contribution in [1.29, 1.82) is 0 Å². The average molecular weight is 228 g/mol. The summed E-state index contributed by atoms with van der Waals surface area (Å²) in [6.07, 6.45) is 0. The van der Waals surface area contributed by atoms with Gasteiger partial charge in [0.2, 0.25) is 5.79 Å². The lowest BCUT2D eigenvalue weighted by Crippen LogP contribution is -2.51. The number of hydrogen-bond acceptors (Lipinski definition) is 3. The van der Waals surface area contributed by atoms with Crippen LogP contribution in [-0.2, 0) is 4.74 Å². The summed E-state index contributed by atoms with van der Waals surface area (Å²) in [6, 6.07) is 7.40. The molecule has 1 unspecified atom stereocenters. The Morgan fingerprint density at radius 1 is 1.47 bits per heavy atom. The molecule has 1 aliphatic rings. The quantitative estimate of drug-likeness (QED) is 0.839. The third kappa shape index (κ3) is 2.62. The highest BCUT2D eigenvalue weighted by Gasteiger charge is 2.30. The van der Waals surface area contributed by atoms with Gasteiger partial charge in [-0.05, 0) is 12.1 Å². The molecule has 0 aromatic heterocycles. The zero-order valence-electron chi connectivity index (χ0n) is 8.63. The topological polar surface area (TPSA) is 30.5 Å². The van der Waals surface area contributed by atoms with Crippen LogP contribution in [0.25, 0.3) is 0 Å². The fourth-order valence-corrected chi connectivity index (χ4v) is 1.71. The van der Waals surface area contributed by atoms with E-state index < -0.39 is 5.79 Å². The van der Waals surface area contributed by atoms with Crippen LogP contribution in [0.3, 0.4) is 0 Å². The van der Waals surface area contributed by atoms with E-state index in [-0.39, 0.29) is 0 Å². The highest BCUT2D eigenvalue weighted by Crippen LogP contribution is 2.28. The summed E-state index contributed by atoms with van der Waals surface area (Å²) in [5, 5.41) is 3.83. The van der Waals surface area contributed by atoms with E-state index in [1.807, 2.05) is 25.1 Å². The normalized spacial score (nSPS) is 26.3. The first-order chi connectivity index (χ1) is 7.20. The highest BCUT2D eigenvalue weighted by atomic mass is 35.5. The standard InChI is InChI=1S/C11H14ClNO2/c1-11(8-13-6-7-14-11)15-10-5-3-2-4-9(10)12/h2-5,13H,6-8H2,1H3. The van der Waals surface area contributed by atoms with Gasteiger partial charge in [0.25, 0.3) is 0 Å². The number of morpholine rings is 1. The van der Waals surface area contributed by atoms with Crippen molar-refractivity contribution in [3.8, 4) is 5.75 Å². The lowest BCUT2D eigenvalue weighted by atomic mass is 10.2. The SMILES string of the molecule is CC1(Oc2ccccc2Cl)CNCCO1. The minimum absolute atomic E-state index is 0.605. The van der Waals surface area contributed by atoms with Crippen LogP contribution in [0, 0.1) is 0 Å². The molecular weight excluding hydrogens is 214 g/mol. The first-order valence-electron chi connectivity index (χ1n) is 4.98. The molecule has 1 aromatic carbocycles. The molecule has 0 radical (unpaired) electrons. The summed E-state index contributed by atoms with van der Waals surface area (Å²) in [7, 11) is 0. The summed E-state index contributed by atoms with van der Waals surface area (Å²) in [4.78, 5) is 0. The Labute approximate surface area is 94.3 Å². The van der Waals surface area contributed by atoms with Gasteiger partial charge in [0.15, 0.2) is 0 Å². The molecule has 2 rings (SSSR count). The molecule has 1 saturated heterocycles. The Bertz CT molecular complexity index is 337. The fourth-order valence-electron chi connectivity index (χ4n) is 1.53. The molecule has 0 spiro atoms. The number of nitrogens with one attached hydrogen (secondary N) is 1. The molecular formula is C11H14ClNO2. The molecule has 82 valence electrons. The van der Waals surface area contributed by atoms with E-state index >= 15 is 0 Å². The Morgan fingerprint density at radius 2 is 2.27 bits per heavy atom. The van der Waals surface area contributed by atoms with Crippen molar-refractivity contribution in [2.24, 2.45) is 0 Å². The van der Waals surface area contributed by atoms with E-state index in [4.69, 9.17) is 21.1 Å². The number of hydrogen-bond donors (Lipinski definition) is 1. The fraction of sp³-hybridized carbons (Fsp3) is 0.455. The van der Waals surface area contributed by atoms with Gasteiger partial charge in [-0.2, -0.15) is 0 Å². The molecule has 1 aromatic rings. The average Bonchev–Trinajstić information content (AvgIpc) is 2.22. The largest absolute Gasteiger partial charge is 0.460 e. The van der Waals surface area contributed by atoms with Crippen LogP contribution in [0.2, 0.25) is 5.02 Å². The van der Waals surface area contributed by atoms with E-state index in [0.29, 0.717) is 23.9 Å². The van der Waals surface area contributed by atoms with E-state index in [2.05, 4.69) is 5.32 Å². The maximum atomic E-state index is 6.00. The molecule has 1 atom stereocenters. The Hall–Kier alpha value is -0.770. The Morgan fingerprint density at radius 3 is 2.93 bits per heavy atom. The third-order valence-electron chi connectivity index (χ3n) is 2.29. The van der Waals surface area contributed by atoms with Crippen molar-refractivity contribution < 1.29 is 9.47 Å². The lowest BCUT2D eigenvalue weighted by molar-refractivity contribution is -0.181. The molecule has 1 N–H and O–H groups in total. The van der Waals surface area contributed by atoms with Gasteiger partial charge in [-0.25, -0.2) is 0 Å². The summed E-state index contributed by atoms with van der Waals surface area (Å²) < 4.78 is 11.3. The molecule has 3 nitrogen and oxygen atoms in total. The maximum absolute atomic E-state index is 6.00. The van der Waals surface area contributed by atoms with Gasteiger partial charge in [0.1, 0.15) is 5.75 Å². The van der Waals surface area contributed by atoms with Gasteiger partial charge in [-0.1, -0.05) is 23.7 Å². The number of benzene rings is 1. The van der Waals surface area contributed by atoms with Crippen LogP contribution in [0.4, 0.5) is 0 Å². The Kier molecular flexibility index (Phi) is 3.14. The van der Waals surface area contributed by atoms with Gasteiger partial charge in [-0.3, -0.25) is 0 Å². The van der Waals surface area contributed by atoms with Crippen molar-refractivity contribution in [1.82, 2.24) is 5.32 Å². The van der Waals surface area contributed by atoms with Gasteiger partial charge in [0.05, 0.1) is 18.2 Å². The highest BCUT2D eigenvalue weighted by molar-refractivity contribution is 6.32. The number of para-hydroxylation sites is 1. The second-order valence-electron chi connectivity index (χ2n) is 3.69. The Balaban J connectivity index is 2.10. The number of ether oxygens (including phenoxy) is 2. The minimum Gasteiger partial charge on any atom is -0.460 e. The summed E-state index contributed by atoms with van der Waals surface area (Å²) in [6.45, 7) is 4.09. The summed E-state index contributed by atoms with van der Waals surface area (Å²) in [5.74, 6) is 0.0360. The van der Waals surface area contributed by atoms with Crippen LogP contribution < -0.4 is 10.1 Å². The molecule has 1 aliphatic heterocycles. The van der Waals surface area contributed by atoms with Crippen LogP contribution in [0.15, 0.2) is 24.3 Å². The van der Waals surface area contributed by atoms with E-state index in [9.17, 15) is 0 Å².